The van der Waals surface area contributed by atoms with E-state index in [4.69, 9.17) is 0 Å². The van der Waals surface area contributed by atoms with Crippen molar-refractivity contribution < 1.29 is 18.2 Å². The van der Waals surface area contributed by atoms with E-state index in [1.807, 2.05) is 27.9 Å². The van der Waals surface area contributed by atoms with E-state index in [1.54, 1.807) is 0 Å². The third-order valence-electron chi connectivity index (χ3n) is 4.58. The lowest BCUT2D eigenvalue weighted by atomic mass is 9.94. The highest BCUT2D eigenvalue weighted by Gasteiger charge is 2.33. The third-order valence-corrected chi connectivity index (χ3v) is 6.41. The number of sulfonamides is 1. The molecule has 0 bridgehead atoms. The number of quaternary nitrogens is 1. The molecule has 0 aromatic heterocycles. The first-order valence-corrected chi connectivity index (χ1v) is 10.4. The lowest BCUT2D eigenvalue weighted by Crippen LogP contribution is -3.06. The highest BCUT2D eigenvalue weighted by Crippen LogP contribution is 2.31. The minimum Gasteiger partial charge on any atom is -0.374 e. The first kappa shape index (κ1) is 20.6. The Labute approximate surface area is 155 Å². The highest BCUT2D eigenvalue weighted by molar-refractivity contribution is 7.89. The summed E-state index contributed by atoms with van der Waals surface area (Å²) in [7, 11) is 0.247. The third kappa shape index (κ3) is 4.93. The van der Waals surface area contributed by atoms with Crippen molar-refractivity contribution >= 4 is 21.4 Å². The average molecular weight is 386 g/mol. The number of nitro groups is 1. The summed E-state index contributed by atoms with van der Waals surface area (Å²) in [6, 6.07) is 4.12. The molecule has 1 saturated heterocycles. The zero-order valence-corrected chi connectivity index (χ0v) is 16.7. The van der Waals surface area contributed by atoms with Crippen molar-refractivity contribution in [1.82, 2.24) is 4.31 Å². The Hall–Kier alpha value is -1.71. The molecule has 1 heterocycles. The standard InChI is InChI=1S/C17H28N4O4S/c1-13-9-14(2)12-20(11-13)26(24,25)15-5-6-16(17(10-15)21(22)23)18-7-8-19(3)4/h5-6,10,13-14,18H,7-9,11-12H2,1-4H3/p+1/t13-,14-/m1/s1. The lowest BCUT2D eigenvalue weighted by Gasteiger charge is -2.34. The van der Waals surface area contributed by atoms with Gasteiger partial charge in [0.2, 0.25) is 10.0 Å². The topological polar surface area (TPSA) is 97.0 Å². The van der Waals surface area contributed by atoms with Gasteiger partial charge < -0.3 is 10.2 Å². The number of piperidine rings is 1. The number of likely N-dealkylation sites (N-methyl/N-ethyl adjacent to an activating group) is 1. The van der Waals surface area contributed by atoms with Gasteiger partial charge in [-0.05, 0) is 30.4 Å². The van der Waals surface area contributed by atoms with Crippen molar-refractivity contribution in [3.8, 4) is 0 Å². The number of nitro benzene ring substituents is 1. The number of anilines is 1. The molecule has 1 fully saturated rings. The van der Waals surface area contributed by atoms with Crippen LogP contribution in [0.1, 0.15) is 20.3 Å². The van der Waals surface area contributed by atoms with Gasteiger partial charge in [0.1, 0.15) is 5.69 Å². The lowest BCUT2D eigenvalue weighted by molar-refractivity contribution is -0.856. The Morgan fingerprint density at radius 2 is 1.88 bits per heavy atom. The van der Waals surface area contributed by atoms with E-state index in [0.717, 1.165) is 13.0 Å². The van der Waals surface area contributed by atoms with Gasteiger partial charge in [-0.25, -0.2) is 8.42 Å². The van der Waals surface area contributed by atoms with Gasteiger partial charge in [-0.15, -0.1) is 0 Å². The van der Waals surface area contributed by atoms with E-state index in [1.165, 1.54) is 27.4 Å². The molecular formula is C17H29N4O4S+. The minimum atomic E-state index is -3.74. The molecule has 8 nitrogen and oxygen atoms in total. The Bertz CT molecular complexity index is 741. The van der Waals surface area contributed by atoms with Gasteiger partial charge in [0, 0.05) is 19.2 Å². The molecule has 2 rings (SSSR count). The molecule has 1 aliphatic heterocycles. The van der Waals surface area contributed by atoms with Crippen LogP contribution in [0.4, 0.5) is 11.4 Å². The van der Waals surface area contributed by atoms with Gasteiger partial charge in [0.05, 0.1) is 37.0 Å². The smallest absolute Gasteiger partial charge is 0.293 e. The van der Waals surface area contributed by atoms with Crippen LogP contribution in [0.3, 0.4) is 0 Å². The predicted molar refractivity (Wildman–Crippen MR) is 101 cm³/mol. The molecule has 26 heavy (non-hydrogen) atoms. The molecule has 0 amide bonds. The second-order valence-corrected chi connectivity index (χ2v) is 9.53. The summed E-state index contributed by atoms with van der Waals surface area (Å²) in [4.78, 5) is 12.1. The monoisotopic (exact) mass is 385 g/mol. The summed E-state index contributed by atoms with van der Waals surface area (Å²) in [5.41, 5.74) is 0.133. The van der Waals surface area contributed by atoms with Crippen LogP contribution in [0, 0.1) is 22.0 Å². The summed E-state index contributed by atoms with van der Waals surface area (Å²) in [6.07, 6.45) is 0.989. The number of nitrogens with zero attached hydrogens (tertiary/aromatic N) is 2. The van der Waals surface area contributed by atoms with E-state index < -0.39 is 14.9 Å². The van der Waals surface area contributed by atoms with Crippen LogP contribution in [0.15, 0.2) is 23.1 Å². The zero-order chi connectivity index (χ0) is 19.5. The van der Waals surface area contributed by atoms with Crippen LogP contribution in [0.5, 0.6) is 0 Å². The summed E-state index contributed by atoms with van der Waals surface area (Å²) >= 11 is 0. The van der Waals surface area contributed by atoms with E-state index >= 15 is 0 Å². The largest absolute Gasteiger partial charge is 0.374 e. The van der Waals surface area contributed by atoms with Crippen LogP contribution in [-0.4, -0.2) is 57.9 Å². The van der Waals surface area contributed by atoms with Gasteiger partial charge in [-0.3, -0.25) is 10.1 Å². The van der Waals surface area contributed by atoms with Crippen molar-refractivity contribution in [3.63, 3.8) is 0 Å². The van der Waals surface area contributed by atoms with Crippen LogP contribution in [0.2, 0.25) is 0 Å². The number of benzene rings is 1. The van der Waals surface area contributed by atoms with E-state index in [0.29, 0.717) is 25.3 Å². The van der Waals surface area contributed by atoms with E-state index in [2.05, 4.69) is 5.32 Å². The molecule has 0 saturated carbocycles. The second kappa shape index (κ2) is 8.32. The number of nitrogens with one attached hydrogen (secondary N) is 2. The molecule has 9 heteroatoms. The molecular weight excluding hydrogens is 356 g/mol. The van der Waals surface area contributed by atoms with E-state index in [-0.39, 0.29) is 22.4 Å². The molecule has 2 N–H and O–H groups in total. The maximum atomic E-state index is 12.9. The van der Waals surface area contributed by atoms with Crippen molar-refractivity contribution in [2.24, 2.45) is 11.8 Å². The van der Waals surface area contributed by atoms with Crippen molar-refractivity contribution in [2.75, 3.05) is 45.6 Å². The Kier molecular flexibility index (Phi) is 6.59. The van der Waals surface area contributed by atoms with Gasteiger partial charge in [0.25, 0.3) is 5.69 Å². The first-order valence-electron chi connectivity index (χ1n) is 8.92. The number of hydrogen-bond acceptors (Lipinski definition) is 5. The SMILES string of the molecule is C[C@@H]1C[C@@H](C)CN(S(=O)(=O)c2ccc(NCC[NH+](C)C)c([N+](=O)[O-])c2)C1. The first-order chi connectivity index (χ1) is 12.1. The maximum Gasteiger partial charge on any atom is 0.293 e. The molecule has 1 aliphatic rings. The summed E-state index contributed by atoms with van der Waals surface area (Å²) in [6.45, 7) is 6.32. The van der Waals surface area contributed by atoms with Gasteiger partial charge >= 0.3 is 0 Å². The quantitative estimate of drug-likeness (QED) is 0.535. The fourth-order valence-electron chi connectivity index (χ4n) is 3.37. The Balaban J connectivity index is 2.28. The molecule has 0 spiro atoms. The molecule has 0 radical (unpaired) electrons. The fourth-order valence-corrected chi connectivity index (χ4v) is 5.07. The normalized spacial score (nSPS) is 21.7. The van der Waals surface area contributed by atoms with Gasteiger partial charge in [0.15, 0.2) is 0 Å². The Morgan fingerprint density at radius 3 is 2.42 bits per heavy atom. The number of rotatable bonds is 7. The van der Waals surface area contributed by atoms with Crippen LogP contribution in [0.25, 0.3) is 0 Å². The minimum absolute atomic E-state index is 0.0192. The van der Waals surface area contributed by atoms with Crippen molar-refractivity contribution in [1.29, 1.82) is 0 Å². The summed E-state index contributed by atoms with van der Waals surface area (Å²) < 4.78 is 27.3. The van der Waals surface area contributed by atoms with Crippen molar-refractivity contribution in [3.05, 3.63) is 28.3 Å². The molecule has 2 atom stereocenters. The molecule has 1 aromatic carbocycles. The molecule has 0 unspecified atom stereocenters. The number of hydrogen-bond donors (Lipinski definition) is 2. The van der Waals surface area contributed by atoms with Gasteiger partial charge in [-0.2, -0.15) is 4.31 Å². The molecule has 146 valence electrons. The van der Waals surface area contributed by atoms with Crippen molar-refractivity contribution in [2.45, 2.75) is 25.2 Å². The summed E-state index contributed by atoms with van der Waals surface area (Å²) in [5.74, 6) is 0.552. The highest BCUT2D eigenvalue weighted by atomic mass is 32.2. The average Bonchev–Trinajstić information content (AvgIpc) is 2.53. The fraction of sp³-hybridized carbons (Fsp3) is 0.647. The molecule has 0 aliphatic carbocycles. The van der Waals surface area contributed by atoms with Crippen LogP contribution < -0.4 is 10.2 Å². The predicted octanol–water partition coefficient (Wildman–Crippen LogP) is 0.818. The molecule has 1 aromatic rings. The van der Waals surface area contributed by atoms with Gasteiger partial charge in [-0.1, -0.05) is 13.8 Å². The maximum absolute atomic E-state index is 12.9. The zero-order valence-electron chi connectivity index (χ0n) is 15.9. The van der Waals surface area contributed by atoms with Crippen LogP contribution in [-0.2, 0) is 10.0 Å². The van der Waals surface area contributed by atoms with E-state index in [9.17, 15) is 18.5 Å². The summed E-state index contributed by atoms with van der Waals surface area (Å²) in [5, 5.41) is 14.5. The van der Waals surface area contributed by atoms with Crippen LogP contribution >= 0.6 is 0 Å². The Morgan fingerprint density at radius 1 is 1.27 bits per heavy atom. The second-order valence-electron chi connectivity index (χ2n) is 7.59.